The van der Waals surface area contributed by atoms with Crippen LogP contribution in [0.25, 0.3) is 0 Å². The van der Waals surface area contributed by atoms with Crippen molar-refractivity contribution < 1.29 is 19.1 Å². The maximum atomic E-state index is 11.8. The van der Waals surface area contributed by atoms with Crippen LogP contribution < -0.4 is 0 Å². The molecule has 1 atom stereocenters. The number of carbonyl (C=O) groups is 2. The van der Waals surface area contributed by atoms with Crippen LogP contribution >= 0.6 is 0 Å². The Bertz CT molecular complexity index is 434. The highest BCUT2D eigenvalue weighted by Crippen LogP contribution is 2.28. The Labute approximate surface area is 113 Å². The SMILES string of the molecule is C/C=C/[C@@H](c1ccccc1)C(C(=O)OC)C(=O)OC. The first-order valence-corrected chi connectivity index (χ1v) is 5.99. The summed E-state index contributed by atoms with van der Waals surface area (Å²) in [4.78, 5) is 23.7. The number of carbonyl (C=O) groups excluding carboxylic acids is 2. The number of benzene rings is 1. The second-order valence-corrected chi connectivity index (χ2v) is 3.99. The fourth-order valence-electron chi connectivity index (χ4n) is 1.94. The summed E-state index contributed by atoms with van der Waals surface area (Å²) in [6, 6.07) is 9.32. The summed E-state index contributed by atoms with van der Waals surface area (Å²) >= 11 is 0. The van der Waals surface area contributed by atoms with Crippen molar-refractivity contribution in [2.24, 2.45) is 5.92 Å². The van der Waals surface area contributed by atoms with E-state index < -0.39 is 23.8 Å². The van der Waals surface area contributed by atoms with Gasteiger partial charge in [0.05, 0.1) is 14.2 Å². The Morgan fingerprint density at radius 2 is 1.58 bits per heavy atom. The topological polar surface area (TPSA) is 52.6 Å². The summed E-state index contributed by atoms with van der Waals surface area (Å²) in [5.74, 6) is -2.59. The average molecular weight is 262 g/mol. The first-order valence-electron chi connectivity index (χ1n) is 5.99. The molecule has 0 unspecified atom stereocenters. The minimum atomic E-state index is -0.992. The Morgan fingerprint density at radius 1 is 1.05 bits per heavy atom. The van der Waals surface area contributed by atoms with Crippen LogP contribution in [0.5, 0.6) is 0 Å². The molecule has 0 aliphatic heterocycles. The van der Waals surface area contributed by atoms with E-state index >= 15 is 0 Å². The van der Waals surface area contributed by atoms with E-state index in [1.807, 2.05) is 37.3 Å². The van der Waals surface area contributed by atoms with Gasteiger partial charge in [-0.05, 0) is 12.5 Å². The molecule has 0 aliphatic rings. The minimum absolute atomic E-state index is 0.397. The van der Waals surface area contributed by atoms with Gasteiger partial charge in [0.2, 0.25) is 0 Å². The van der Waals surface area contributed by atoms with Crippen molar-refractivity contribution in [2.45, 2.75) is 12.8 Å². The van der Waals surface area contributed by atoms with Crippen LogP contribution in [0.3, 0.4) is 0 Å². The zero-order valence-electron chi connectivity index (χ0n) is 11.3. The van der Waals surface area contributed by atoms with Crippen LogP contribution in [0.1, 0.15) is 18.4 Å². The lowest BCUT2D eigenvalue weighted by molar-refractivity contribution is -0.159. The van der Waals surface area contributed by atoms with E-state index in [9.17, 15) is 9.59 Å². The molecule has 102 valence electrons. The standard InChI is InChI=1S/C15H18O4/c1-4-8-12(11-9-6-5-7-10-11)13(14(16)18-2)15(17)19-3/h4-10,12-13H,1-3H3/b8-4+/t12-/m0/s1. The lowest BCUT2D eigenvalue weighted by Gasteiger charge is -2.20. The minimum Gasteiger partial charge on any atom is -0.468 e. The van der Waals surface area contributed by atoms with Gasteiger partial charge < -0.3 is 9.47 Å². The van der Waals surface area contributed by atoms with Crippen molar-refractivity contribution in [2.75, 3.05) is 14.2 Å². The number of ether oxygens (including phenoxy) is 2. The Hall–Kier alpha value is -2.10. The molecule has 1 aromatic rings. The molecular weight excluding hydrogens is 244 g/mol. The normalized spacial score (nSPS) is 12.4. The third kappa shape index (κ3) is 3.68. The molecule has 0 aliphatic carbocycles. The van der Waals surface area contributed by atoms with Gasteiger partial charge >= 0.3 is 11.9 Å². The molecule has 0 N–H and O–H groups in total. The Balaban J connectivity index is 3.20. The summed E-state index contributed by atoms with van der Waals surface area (Å²) in [5, 5.41) is 0. The van der Waals surface area contributed by atoms with Crippen LogP contribution in [-0.4, -0.2) is 26.2 Å². The van der Waals surface area contributed by atoms with Gasteiger partial charge in [-0.2, -0.15) is 0 Å². The Morgan fingerprint density at radius 3 is 2.00 bits per heavy atom. The molecule has 0 fully saturated rings. The van der Waals surface area contributed by atoms with E-state index in [-0.39, 0.29) is 0 Å². The molecule has 0 amide bonds. The maximum Gasteiger partial charge on any atom is 0.321 e. The van der Waals surface area contributed by atoms with Crippen molar-refractivity contribution in [1.82, 2.24) is 0 Å². The average Bonchev–Trinajstić information content (AvgIpc) is 2.46. The second-order valence-electron chi connectivity index (χ2n) is 3.99. The number of hydrogen-bond acceptors (Lipinski definition) is 4. The smallest absolute Gasteiger partial charge is 0.321 e. The highest BCUT2D eigenvalue weighted by Gasteiger charge is 2.36. The van der Waals surface area contributed by atoms with E-state index in [1.54, 1.807) is 12.2 Å². The van der Waals surface area contributed by atoms with Crippen LogP contribution in [0.2, 0.25) is 0 Å². The molecule has 4 nitrogen and oxygen atoms in total. The first-order chi connectivity index (χ1) is 9.15. The van der Waals surface area contributed by atoms with Gasteiger partial charge in [-0.15, -0.1) is 0 Å². The largest absolute Gasteiger partial charge is 0.468 e. The summed E-state index contributed by atoms with van der Waals surface area (Å²) in [6.07, 6.45) is 3.60. The molecule has 0 saturated heterocycles. The summed E-state index contributed by atoms with van der Waals surface area (Å²) in [7, 11) is 2.52. The van der Waals surface area contributed by atoms with E-state index in [1.165, 1.54) is 14.2 Å². The molecule has 19 heavy (non-hydrogen) atoms. The molecule has 0 aromatic heterocycles. The zero-order chi connectivity index (χ0) is 14.3. The second kappa shape index (κ2) is 7.36. The molecule has 1 rings (SSSR count). The van der Waals surface area contributed by atoms with Gasteiger partial charge in [-0.1, -0.05) is 42.5 Å². The van der Waals surface area contributed by atoms with Crippen molar-refractivity contribution in [3.63, 3.8) is 0 Å². The summed E-state index contributed by atoms with van der Waals surface area (Å²) in [6.45, 7) is 1.83. The highest BCUT2D eigenvalue weighted by molar-refractivity contribution is 5.96. The van der Waals surface area contributed by atoms with Gasteiger partial charge in [0.25, 0.3) is 0 Å². The van der Waals surface area contributed by atoms with E-state index in [0.717, 1.165) is 5.56 Å². The quantitative estimate of drug-likeness (QED) is 0.464. The van der Waals surface area contributed by atoms with Gasteiger partial charge in [0.1, 0.15) is 0 Å². The molecule has 4 heteroatoms. The van der Waals surface area contributed by atoms with Crippen LogP contribution in [-0.2, 0) is 19.1 Å². The number of rotatable bonds is 5. The Kier molecular flexibility index (Phi) is 5.79. The molecule has 0 radical (unpaired) electrons. The van der Waals surface area contributed by atoms with Crippen molar-refractivity contribution in [1.29, 1.82) is 0 Å². The predicted octanol–water partition coefficient (Wildman–Crippen LogP) is 2.31. The third-order valence-corrected chi connectivity index (χ3v) is 2.85. The molecule has 0 spiro atoms. The molecule has 0 heterocycles. The van der Waals surface area contributed by atoms with Crippen LogP contribution in [0.15, 0.2) is 42.5 Å². The van der Waals surface area contributed by atoms with Crippen molar-refractivity contribution >= 4 is 11.9 Å². The molecule has 1 aromatic carbocycles. The monoisotopic (exact) mass is 262 g/mol. The predicted molar refractivity (Wildman–Crippen MR) is 71.5 cm³/mol. The van der Waals surface area contributed by atoms with E-state index in [2.05, 4.69) is 0 Å². The number of allylic oxidation sites excluding steroid dienone is 2. The lowest BCUT2D eigenvalue weighted by Crippen LogP contribution is -2.31. The number of esters is 2. The fourth-order valence-corrected chi connectivity index (χ4v) is 1.94. The summed E-state index contributed by atoms with van der Waals surface area (Å²) in [5.41, 5.74) is 0.862. The van der Waals surface area contributed by atoms with Crippen molar-refractivity contribution in [3.05, 3.63) is 48.0 Å². The van der Waals surface area contributed by atoms with E-state index in [4.69, 9.17) is 9.47 Å². The molecular formula is C15H18O4. The number of hydrogen-bond donors (Lipinski definition) is 0. The van der Waals surface area contributed by atoms with Crippen molar-refractivity contribution in [3.8, 4) is 0 Å². The first kappa shape index (κ1) is 15.0. The number of methoxy groups -OCH3 is 2. The van der Waals surface area contributed by atoms with Gasteiger partial charge in [0.15, 0.2) is 5.92 Å². The maximum absolute atomic E-state index is 11.8. The summed E-state index contributed by atoms with van der Waals surface area (Å²) < 4.78 is 9.42. The molecule has 0 saturated carbocycles. The van der Waals surface area contributed by atoms with Gasteiger partial charge in [-0.25, -0.2) is 0 Å². The highest BCUT2D eigenvalue weighted by atomic mass is 16.5. The van der Waals surface area contributed by atoms with Crippen LogP contribution in [0, 0.1) is 5.92 Å². The fraction of sp³-hybridized carbons (Fsp3) is 0.333. The van der Waals surface area contributed by atoms with Crippen LogP contribution in [0.4, 0.5) is 0 Å². The van der Waals surface area contributed by atoms with Gasteiger partial charge in [-0.3, -0.25) is 9.59 Å². The molecule has 0 bridgehead atoms. The zero-order valence-corrected chi connectivity index (χ0v) is 11.3. The van der Waals surface area contributed by atoms with E-state index in [0.29, 0.717) is 0 Å². The lowest BCUT2D eigenvalue weighted by atomic mass is 9.85. The van der Waals surface area contributed by atoms with Gasteiger partial charge in [0, 0.05) is 5.92 Å². The third-order valence-electron chi connectivity index (χ3n) is 2.85.